The van der Waals surface area contributed by atoms with E-state index in [0.717, 1.165) is 40.6 Å². The zero-order valence-corrected chi connectivity index (χ0v) is 19.6. The summed E-state index contributed by atoms with van der Waals surface area (Å²) in [6.07, 6.45) is 7.64. The molecule has 2 aromatic carbocycles. The Labute approximate surface area is 202 Å². The van der Waals surface area contributed by atoms with Crippen molar-refractivity contribution in [3.05, 3.63) is 52.6 Å². The van der Waals surface area contributed by atoms with Crippen molar-refractivity contribution in [2.24, 2.45) is 0 Å². The molecule has 7 heteroatoms. The molecule has 180 valence electrons. The average molecular weight is 474 g/mol. The third-order valence-corrected chi connectivity index (χ3v) is 7.51. The highest BCUT2D eigenvalue weighted by Gasteiger charge is 2.33. The van der Waals surface area contributed by atoms with Crippen LogP contribution in [0.1, 0.15) is 59.5 Å². The Balaban J connectivity index is 1.70. The van der Waals surface area contributed by atoms with Crippen LogP contribution in [0, 0.1) is 0 Å². The molecule has 0 unspecified atom stereocenters. The summed E-state index contributed by atoms with van der Waals surface area (Å²) >= 11 is 0. The zero-order valence-electron chi connectivity index (χ0n) is 19.6. The summed E-state index contributed by atoms with van der Waals surface area (Å²) in [6.45, 7) is -0.112. The highest BCUT2D eigenvalue weighted by atomic mass is 16.7. The van der Waals surface area contributed by atoms with Crippen LogP contribution in [0.25, 0.3) is 28.2 Å². The van der Waals surface area contributed by atoms with Gasteiger partial charge in [0.15, 0.2) is 17.3 Å². The van der Waals surface area contributed by atoms with Crippen molar-refractivity contribution < 1.29 is 28.9 Å². The van der Waals surface area contributed by atoms with E-state index in [1.807, 2.05) is 30.3 Å². The maximum atomic E-state index is 12.8. The van der Waals surface area contributed by atoms with Gasteiger partial charge in [0, 0.05) is 27.6 Å². The van der Waals surface area contributed by atoms with Crippen LogP contribution in [0.2, 0.25) is 0 Å². The van der Waals surface area contributed by atoms with E-state index in [9.17, 15) is 14.7 Å². The van der Waals surface area contributed by atoms with E-state index in [1.54, 1.807) is 6.07 Å². The number of nitrogens with zero attached hydrogens (tertiary/aromatic N) is 1. The normalized spacial score (nSPS) is 16.9. The minimum absolute atomic E-state index is 0.137. The lowest BCUT2D eigenvalue weighted by atomic mass is 9.81. The van der Waals surface area contributed by atoms with Gasteiger partial charge in [-0.15, -0.1) is 0 Å². The van der Waals surface area contributed by atoms with Crippen molar-refractivity contribution in [3.8, 4) is 22.8 Å². The van der Waals surface area contributed by atoms with Crippen LogP contribution in [0.3, 0.4) is 0 Å². The molecule has 3 heterocycles. The lowest BCUT2D eigenvalue weighted by Gasteiger charge is -2.24. The first-order valence-corrected chi connectivity index (χ1v) is 12.1. The number of hydrogen-bond acceptors (Lipinski definition) is 6. The summed E-state index contributed by atoms with van der Waals surface area (Å²) in [7, 11) is 1.38. The number of esters is 1. The zero-order chi connectivity index (χ0) is 24.1. The predicted octanol–water partition coefficient (Wildman–Crippen LogP) is 4.83. The fourth-order valence-corrected chi connectivity index (χ4v) is 5.89. The van der Waals surface area contributed by atoms with Gasteiger partial charge in [-0.05, 0) is 48.6 Å². The highest BCUT2D eigenvalue weighted by molar-refractivity contribution is 6.04. The second-order valence-corrected chi connectivity index (χ2v) is 9.42. The van der Waals surface area contributed by atoms with Gasteiger partial charge in [0.05, 0.1) is 24.9 Å². The van der Waals surface area contributed by atoms with Crippen molar-refractivity contribution in [3.63, 3.8) is 0 Å². The molecule has 0 atom stereocenters. The largest absolute Gasteiger partial charge is 0.466 e. The maximum Gasteiger partial charge on any atom is 0.335 e. The quantitative estimate of drug-likeness (QED) is 0.431. The second-order valence-electron chi connectivity index (χ2n) is 9.42. The van der Waals surface area contributed by atoms with E-state index in [1.165, 1.54) is 31.9 Å². The molecule has 2 aliphatic heterocycles. The minimum Gasteiger partial charge on any atom is -0.466 e. The van der Waals surface area contributed by atoms with Crippen molar-refractivity contribution in [1.82, 2.24) is 4.57 Å². The van der Waals surface area contributed by atoms with Crippen LogP contribution in [0.15, 0.2) is 35.9 Å². The number of aliphatic hydroxyl groups is 1. The Morgan fingerprint density at radius 1 is 1.11 bits per heavy atom. The average Bonchev–Trinajstić information content (AvgIpc) is 3.46. The van der Waals surface area contributed by atoms with Gasteiger partial charge in [-0.3, -0.25) is 4.79 Å². The number of hydrogen-bond donors (Lipinski definition) is 1. The molecule has 3 aromatic rings. The SMILES string of the molecule is COC(=O)C1=Cc2c(ccc3c2OCO3)-c2c(C3CCCCC3)c3ccc(C(=O)CO)cc3n2C1. The summed E-state index contributed by atoms with van der Waals surface area (Å²) < 4.78 is 18.8. The number of aliphatic hydroxyl groups excluding tert-OH is 1. The molecule has 35 heavy (non-hydrogen) atoms. The first-order valence-electron chi connectivity index (χ1n) is 12.1. The van der Waals surface area contributed by atoms with Gasteiger partial charge in [0.2, 0.25) is 6.79 Å². The summed E-state index contributed by atoms with van der Waals surface area (Å²) in [5, 5.41) is 10.5. The molecular weight excluding hydrogens is 446 g/mol. The van der Waals surface area contributed by atoms with Crippen LogP contribution >= 0.6 is 0 Å². The number of methoxy groups -OCH3 is 1. The van der Waals surface area contributed by atoms with Crippen molar-refractivity contribution >= 4 is 28.7 Å². The molecule has 0 spiro atoms. The van der Waals surface area contributed by atoms with Gasteiger partial charge in [-0.1, -0.05) is 31.4 Å². The standard InChI is InChI=1S/C28H27NO6/c1-33-28(32)18-11-21-19(9-10-24-27(21)35-15-34-24)26-25(16-5-3-2-4-6-16)20-8-7-17(23(31)14-30)12-22(20)29(26)13-18/h7-12,16,30H,2-6,13-15H2,1H3. The Morgan fingerprint density at radius 3 is 2.71 bits per heavy atom. The van der Waals surface area contributed by atoms with Crippen LogP contribution < -0.4 is 9.47 Å². The number of rotatable bonds is 4. The van der Waals surface area contributed by atoms with Gasteiger partial charge >= 0.3 is 5.97 Å². The van der Waals surface area contributed by atoms with Crippen LogP contribution in [0.5, 0.6) is 11.5 Å². The van der Waals surface area contributed by atoms with Crippen LogP contribution in [-0.4, -0.2) is 41.9 Å². The van der Waals surface area contributed by atoms with Crippen molar-refractivity contribution in [1.29, 1.82) is 0 Å². The van der Waals surface area contributed by atoms with Gasteiger partial charge in [0.1, 0.15) is 6.61 Å². The molecular formula is C28H27NO6. The number of benzene rings is 2. The Kier molecular flexibility index (Phi) is 5.37. The van der Waals surface area contributed by atoms with Crippen LogP contribution in [0.4, 0.5) is 0 Å². The van der Waals surface area contributed by atoms with E-state index >= 15 is 0 Å². The molecule has 7 nitrogen and oxygen atoms in total. The summed E-state index contributed by atoms with van der Waals surface area (Å²) in [6, 6.07) is 9.60. The van der Waals surface area contributed by atoms with Gasteiger partial charge in [-0.2, -0.15) is 0 Å². The van der Waals surface area contributed by atoms with E-state index in [4.69, 9.17) is 14.2 Å². The van der Waals surface area contributed by atoms with E-state index in [2.05, 4.69) is 4.57 Å². The molecule has 0 bridgehead atoms. The maximum absolute atomic E-state index is 12.8. The van der Waals surface area contributed by atoms with E-state index < -0.39 is 12.6 Å². The fraction of sp³-hybridized carbons (Fsp3) is 0.357. The molecule has 0 radical (unpaired) electrons. The number of ether oxygens (including phenoxy) is 3. The first kappa shape index (κ1) is 21.9. The summed E-state index contributed by atoms with van der Waals surface area (Å²) in [4.78, 5) is 25.2. The van der Waals surface area contributed by atoms with Gasteiger partial charge < -0.3 is 23.9 Å². The number of fused-ring (bicyclic) bond motifs is 7. The summed E-state index contributed by atoms with van der Waals surface area (Å²) in [5.74, 6) is 0.920. The third kappa shape index (κ3) is 3.45. The Morgan fingerprint density at radius 2 is 1.94 bits per heavy atom. The molecule has 1 fully saturated rings. The highest BCUT2D eigenvalue weighted by Crippen LogP contribution is 2.50. The van der Waals surface area contributed by atoms with Crippen molar-refractivity contribution in [2.75, 3.05) is 20.5 Å². The molecule has 1 aliphatic carbocycles. The van der Waals surface area contributed by atoms with E-state index in [0.29, 0.717) is 35.1 Å². The number of aromatic nitrogens is 1. The Bertz CT molecular complexity index is 1390. The minimum atomic E-state index is -0.547. The fourth-order valence-electron chi connectivity index (χ4n) is 5.89. The molecule has 1 saturated carbocycles. The molecule has 1 aromatic heterocycles. The first-order chi connectivity index (χ1) is 17.1. The smallest absolute Gasteiger partial charge is 0.335 e. The number of ketones is 1. The third-order valence-electron chi connectivity index (χ3n) is 7.51. The van der Waals surface area contributed by atoms with Crippen molar-refractivity contribution in [2.45, 2.75) is 44.6 Å². The number of carbonyl (C=O) groups is 2. The predicted molar refractivity (Wildman–Crippen MR) is 131 cm³/mol. The lowest BCUT2D eigenvalue weighted by molar-refractivity contribution is -0.136. The monoisotopic (exact) mass is 473 g/mol. The number of carbonyl (C=O) groups excluding carboxylic acids is 2. The van der Waals surface area contributed by atoms with Gasteiger partial charge in [0.25, 0.3) is 0 Å². The number of Topliss-reactive ketones (excluding diaryl/α,β-unsaturated/α-hetero) is 1. The lowest BCUT2D eigenvalue weighted by Crippen LogP contribution is -2.12. The topological polar surface area (TPSA) is 87.0 Å². The van der Waals surface area contributed by atoms with Crippen LogP contribution in [-0.2, 0) is 16.1 Å². The molecule has 0 amide bonds. The van der Waals surface area contributed by atoms with E-state index in [-0.39, 0.29) is 12.6 Å². The molecule has 3 aliphatic rings. The molecule has 1 N–H and O–H groups in total. The summed E-state index contributed by atoms with van der Waals surface area (Å²) in [5.41, 5.74) is 5.90. The Hall–Kier alpha value is -3.58. The second kappa shape index (κ2) is 8.57. The molecule has 6 rings (SSSR count). The van der Waals surface area contributed by atoms with Gasteiger partial charge in [-0.25, -0.2) is 4.79 Å². The molecule has 0 saturated heterocycles.